The zero-order valence-electron chi connectivity index (χ0n) is 18.0. The molecule has 166 valence electrons. The quantitative estimate of drug-likeness (QED) is 0.528. The summed E-state index contributed by atoms with van der Waals surface area (Å²) in [5.74, 6) is 0.0646. The number of fused-ring (bicyclic) bond motifs is 2. The van der Waals surface area contributed by atoms with Crippen LogP contribution in [0.25, 0.3) is 6.08 Å². The summed E-state index contributed by atoms with van der Waals surface area (Å²) < 4.78 is 0.994. The van der Waals surface area contributed by atoms with Gasteiger partial charge in [0.25, 0.3) is 5.91 Å². The first kappa shape index (κ1) is 21.8. The molecule has 0 N–H and O–H groups in total. The molecule has 2 unspecified atom stereocenters. The van der Waals surface area contributed by atoms with Gasteiger partial charge in [-0.2, -0.15) is 0 Å². The van der Waals surface area contributed by atoms with Gasteiger partial charge < -0.3 is 9.80 Å². The Kier molecular flexibility index (Phi) is 6.42. The van der Waals surface area contributed by atoms with Gasteiger partial charge in [0.05, 0.1) is 4.91 Å². The van der Waals surface area contributed by atoms with E-state index in [1.54, 1.807) is 11.8 Å². The van der Waals surface area contributed by atoms with Crippen LogP contribution in [0, 0.1) is 0 Å². The first-order valence-corrected chi connectivity index (χ1v) is 13.1. The minimum atomic E-state index is 0.00360. The van der Waals surface area contributed by atoms with E-state index in [1.807, 2.05) is 46.2 Å². The molecule has 2 fully saturated rings. The molecule has 3 aliphatic rings. The van der Waals surface area contributed by atoms with Crippen LogP contribution in [0.15, 0.2) is 57.9 Å². The van der Waals surface area contributed by atoms with Crippen LogP contribution in [-0.4, -0.2) is 46.0 Å². The van der Waals surface area contributed by atoms with Gasteiger partial charge in [-0.1, -0.05) is 65.2 Å². The van der Waals surface area contributed by atoms with E-state index >= 15 is 0 Å². The SMILES string of the molecule is O=C(CN1C(=O)/C(=C\c2cccc(Br)c2)SC2CCCCC21)N1CCc2ccccc2C1. The lowest BCUT2D eigenvalue weighted by Crippen LogP contribution is -2.55. The van der Waals surface area contributed by atoms with Crippen LogP contribution in [0.2, 0.25) is 0 Å². The van der Waals surface area contributed by atoms with E-state index in [0.29, 0.717) is 11.8 Å². The molecule has 1 aliphatic carbocycles. The van der Waals surface area contributed by atoms with Crippen LogP contribution in [-0.2, 0) is 22.6 Å². The average Bonchev–Trinajstić information content (AvgIpc) is 2.81. The highest BCUT2D eigenvalue weighted by Gasteiger charge is 2.41. The predicted octanol–water partition coefficient (Wildman–Crippen LogP) is 5.26. The normalized spacial score (nSPS) is 24.3. The molecule has 2 aliphatic heterocycles. The standard InChI is InChI=1S/C26H27BrN2O2S/c27-21-9-5-6-18(14-21)15-24-26(31)29(22-10-3-4-11-23(22)32-24)17-25(30)28-13-12-19-7-1-2-8-20(19)16-28/h1-2,5-9,14-15,22-23H,3-4,10-13,16-17H2/b24-15+. The highest BCUT2D eigenvalue weighted by molar-refractivity contribution is 9.10. The Bertz CT molecular complexity index is 1070. The molecular formula is C26H27BrN2O2S. The van der Waals surface area contributed by atoms with Crippen molar-refractivity contribution in [3.05, 3.63) is 74.6 Å². The molecule has 2 aromatic carbocycles. The number of amides is 2. The van der Waals surface area contributed by atoms with E-state index in [0.717, 1.165) is 47.2 Å². The molecule has 0 aromatic heterocycles. The number of halogens is 1. The van der Waals surface area contributed by atoms with Crippen LogP contribution in [0.3, 0.4) is 0 Å². The number of hydrogen-bond donors (Lipinski definition) is 0. The van der Waals surface area contributed by atoms with Gasteiger partial charge in [-0.3, -0.25) is 9.59 Å². The summed E-state index contributed by atoms with van der Waals surface area (Å²) in [6, 6.07) is 16.5. The fourth-order valence-electron chi connectivity index (χ4n) is 5.06. The van der Waals surface area contributed by atoms with Gasteiger partial charge in [0, 0.05) is 28.9 Å². The number of benzene rings is 2. The second-order valence-electron chi connectivity index (χ2n) is 8.84. The molecule has 32 heavy (non-hydrogen) atoms. The number of carbonyl (C=O) groups excluding carboxylic acids is 2. The summed E-state index contributed by atoms with van der Waals surface area (Å²) in [4.78, 5) is 31.4. The van der Waals surface area contributed by atoms with Crippen molar-refractivity contribution < 1.29 is 9.59 Å². The summed E-state index contributed by atoms with van der Waals surface area (Å²) in [7, 11) is 0. The van der Waals surface area contributed by atoms with Gasteiger partial charge >= 0.3 is 0 Å². The van der Waals surface area contributed by atoms with Gasteiger partial charge in [0.15, 0.2) is 0 Å². The van der Waals surface area contributed by atoms with Crippen LogP contribution >= 0.6 is 27.7 Å². The summed E-state index contributed by atoms with van der Waals surface area (Å²) in [6.45, 7) is 1.54. The van der Waals surface area contributed by atoms with E-state index in [4.69, 9.17) is 0 Å². The lowest BCUT2D eigenvalue weighted by Gasteiger charge is -2.44. The zero-order chi connectivity index (χ0) is 22.1. The maximum Gasteiger partial charge on any atom is 0.261 e. The summed E-state index contributed by atoms with van der Waals surface area (Å²) >= 11 is 5.23. The molecule has 0 radical (unpaired) electrons. The Morgan fingerprint density at radius 1 is 1.09 bits per heavy atom. The minimum absolute atomic E-state index is 0.00360. The molecule has 2 atom stereocenters. The first-order valence-electron chi connectivity index (χ1n) is 11.4. The van der Waals surface area contributed by atoms with Gasteiger partial charge in [-0.05, 0) is 54.2 Å². The predicted molar refractivity (Wildman–Crippen MR) is 133 cm³/mol. The van der Waals surface area contributed by atoms with Crippen LogP contribution in [0.4, 0.5) is 0 Å². The highest BCUT2D eigenvalue weighted by Crippen LogP contribution is 2.42. The monoisotopic (exact) mass is 510 g/mol. The lowest BCUT2D eigenvalue weighted by atomic mass is 9.93. The Balaban J connectivity index is 1.37. The molecular weight excluding hydrogens is 484 g/mol. The Labute approximate surface area is 202 Å². The van der Waals surface area contributed by atoms with E-state index in [1.165, 1.54) is 17.5 Å². The number of carbonyl (C=O) groups is 2. The van der Waals surface area contributed by atoms with Crippen molar-refractivity contribution >= 4 is 45.6 Å². The van der Waals surface area contributed by atoms with E-state index in [-0.39, 0.29) is 24.4 Å². The molecule has 0 spiro atoms. The van der Waals surface area contributed by atoms with E-state index in [2.05, 4.69) is 34.1 Å². The first-order chi connectivity index (χ1) is 15.6. The Morgan fingerprint density at radius 2 is 1.91 bits per heavy atom. The van der Waals surface area contributed by atoms with Crippen molar-refractivity contribution in [2.24, 2.45) is 0 Å². The molecule has 2 aromatic rings. The largest absolute Gasteiger partial charge is 0.336 e. The fraction of sp³-hybridized carbons (Fsp3) is 0.385. The Hall–Kier alpha value is -2.05. The van der Waals surface area contributed by atoms with Crippen LogP contribution in [0.5, 0.6) is 0 Å². The molecule has 2 heterocycles. The van der Waals surface area contributed by atoms with Crippen molar-refractivity contribution in [3.63, 3.8) is 0 Å². The molecule has 2 amide bonds. The second kappa shape index (κ2) is 9.44. The topological polar surface area (TPSA) is 40.6 Å². The number of rotatable bonds is 3. The fourth-order valence-corrected chi connectivity index (χ4v) is 6.95. The number of hydrogen-bond acceptors (Lipinski definition) is 3. The maximum atomic E-state index is 13.5. The third-order valence-corrected chi connectivity index (χ3v) is 8.65. The molecule has 5 rings (SSSR count). The lowest BCUT2D eigenvalue weighted by molar-refractivity contribution is -0.141. The third kappa shape index (κ3) is 4.53. The average molecular weight is 511 g/mol. The van der Waals surface area contributed by atoms with Crippen molar-refractivity contribution in [2.75, 3.05) is 13.1 Å². The molecule has 6 heteroatoms. The van der Waals surface area contributed by atoms with Gasteiger partial charge in [0.2, 0.25) is 5.91 Å². The van der Waals surface area contributed by atoms with Crippen molar-refractivity contribution in [3.8, 4) is 0 Å². The van der Waals surface area contributed by atoms with E-state index in [9.17, 15) is 9.59 Å². The highest BCUT2D eigenvalue weighted by atomic mass is 79.9. The molecule has 4 nitrogen and oxygen atoms in total. The summed E-state index contributed by atoms with van der Waals surface area (Å²) in [5.41, 5.74) is 3.55. The number of nitrogens with zero attached hydrogens (tertiary/aromatic N) is 2. The molecule has 0 bridgehead atoms. The maximum absolute atomic E-state index is 13.5. The van der Waals surface area contributed by atoms with Crippen molar-refractivity contribution in [2.45, 2.75) is 49.9 Å². The van der Waals surface area contributed by atoms with Crippen molar-refractivity contribution in [1.29, 1.82) is 0 Å². The second-order valence-corrected chi connectivity index (χ2v) is 11.0. The van der Waals surface area contributed by atoms with E-state index < -0.39 is 0 Å². The summed E-state index contributed by atoms with van der Waals surface area (Å²) in [5, 5.41) is 0.370. The minimum Gasteiger partial charge on any atom is -0.336 e. The van der Waals surface area contributed by atoms with Gasteiger partial charge in [-0.15, -0.1) is 11.8 Å². The summed E-state index contributed by atoms with van der Waals surface area (Å²) in [6.07, 6.45) is 7.27. The zero-order valence-corrected chi connectivity index (χ0v) is 20.4. The smallest absolute Gasteiger partial charge is 0.261 e. The number of thioether (sulfide) groups is 1. The van der Waals surface area contributed by atoms with Crippen LogP contribution < -0.4 is 0 Å². The Morgan fingerprint density at radius 3 is 2.75 bits per heavy atom. The molecule has 1 saturated heterocycles. The molecule has 1 saturated carbocycles. The third-order valence-electron chi connectivity index (χ3n) is 6.75. The van der Waals surface area contributed by atoms with Crippen LogP contribution in [0.1, 0.15) is 42.4 Å². The van der Waals surface area contributed by atoms with Gasteiger partial charge in [-0.25, -0.2) is 0 Å². The van der Waals surface area contributed by atoms with Gasteiger partial charge in [0.1, 0.15) is 6.54 Å². The van der Waals surface area contributed by atoms with Crippen molar-refractivity contribution in [1.82, 2.24) is 9.80 Å².